The van der Waals surface area contributed by atoms with E-state index in [1.54, 1.807) is 17.3 Å². The summed E-state index contributed by atoms with van der Waals surface area (Å²) in [6.45, 7) is 1.92. The third kappa shape index (κ3) is 3.41. The molecule has 0 bridgehead atoms. The Hall–Kier alpha value is -2.34. The third-order valence-electron chi connectivity index (χ3n) is 3.30. The van der Waals surface area contributed by atoms with E-state index in [0.717, 1.165) is 5.56 Å². The molecule has 0 fully saturated rings. The number of hydrogen-bond donors (Lipinski definition) is 2. The van der Waals surface area contributed by atoms with Crippen LogP contribution in [-0.4, -0.2) is 29.1 Å². The van der Waals surface area contributed by atoms with Gasteiger partial charge in [0.15, 0.2) is 0 Å². The zero-order valence-corrected chi connectivity index (χ0v) is 12.6. The minimum absolute atomic E-state index is 0.106. The second-order valence-corrected chi connectivity index (χ2v) is 5.51. The van der Waals surface area contributed by atoms with Gasteiger partial charge in [0.25, 0.3) is 0 Å². The molecule has 5 nitrogen and oxygen atoms in total. The molecule has 0 spiro atoms. The van der Waals surface area contributed by atoms with E-state index in [1.807, 2.05) is 37.3 Å². The molecule has 1 unspecified atom stereocenters. The molecule has 0 aliphatic heterocycles. The first-order valence-electron chi connectivity index (χ1n) is 6.40. The molecule has 2 N–H and O–H groups in total. The van der Waals surface area contributed by atoms with Gasteiger partial charge in [0, 0.05) is 7.05 Å². The SMILES string of the molecule is CC(c1ccccc1)N(C)C(=O)Nc1sccc1C(=O)O. The molecule has 1 aromatic heterocycles. The number of amides is 2. The zero-order chi connectivity index (χ0) is 15.4. The number of carbonyl (C=O) groups excluding carboxylic acids is 1. The fraction of sp³-hybridized carbons (Fsp3) is 0.200. The molecule has 1 aromatic carbocycles. The van der Waals surface area contributed by atoms with Gasteiger partial charge in [-0.2, -0.15) is 0 Å². The standard InChI is InChI=1S/C15H16N2O3S/c1-10(11-6-4-3-5-7-11)17(2)15(20)16-13-12(14(18)19)8-9-21-13/h3-10H,1-2H3,(H,16,20)(H,18,19). The molecule has 0 radical (unpaired) electrons. The van der Waals surface area contributed by atoms with Crippen molar-refractivity contribution in [2.45, 2.75) is 13.0 Å². The van der Waals surface area contributed by atoms with Gasteiger partial charge in [-0.05, 0) is 23.9 Å². The van der Waals surface area contributed by atoms with E-state index in [1.165, 1.54) is 17.4 Å². The topological polar surface area (TPSA) is 69.6 Å². The number of rotatable bonds is 4. The molecule has 1 atom stereocenters. The number of hydrogen-bond acceptors (Lipinski definition) is 3. The molecule has 1 heterocycles. The van der Waals surface area contributed by atoms with Crippen LogP contribution in [0.5, 0.6) is 0 Å². The number of carboxylic acids is 1. The number of carboxylic acid groups (broad SMARTS) is 1. The first-order chi connectivity index (χ1) is 10.0. The number of carbonyl (C=O) groups is 2. The van der Waals surface area contributed by atoms with Crippen molar-refractivity contribution >= 4 is 28.3 Å². The fourth-order valence-electron chi connectivity index (χ4n) is 1.89. The van der Waals surface area contributed by atoms with Crippen LogP contribution in [0.25, 0.3) is 0 Å². The summed E-state index contributed by atoms with van der Waals surface area (Å²) in [7, 11) is 1.68. The molecule has 2 amide bonds. The average molecular weight is 304 g/mol. The molecule has 110 valence electrons. The molecule has 0 aliphatic carbocycles. The van der Waals surface area contributed by atoms with Crippen LogP contribution in [0.3, 0.4) is 0 Å². The zero-order valence-electron chi connectivity index (χ0n) is 11.7. The summed E-state index contributed by atoms with van der Waals surface area (Å²) in [5.74, 6) is -1.05. The number of nitrogens with zero attached hydrogens (tertiary/aromatic N) is 1. The smallest absolute Gasteiger partial charge is 0.338 e. The number of nitrogens with one attached hydrogen (secondary N) is 1. The van der Waals surface area contributed by atoms with Gasteiger partial charge in [-0.15, -0.1) is 11.3 Å². The van der Waals surface area contributed by atoms with E-state index < -0.39 is 5.97 Å². The Labute approximate surface area is 126 Å². The maximum Gasteiger partial charge on any atom is 0.338 e. The number of benzene rings is 1. The Morgan fingerprint density at radius 2 is 1.90 bits per heavy atom. The second kappa shape index (κ2) is 6.41. The van der Waals surface area contributed by atoms with E-state index in [4.69, 9.17) is 5.11 Å². The third-order valence-corrected chi connectivity index (χ3v) is 4.13. The van der Waals surface area contributed by atoms with Crippen molar-refractivity contribution in [3.8, 4) is 0 Å². The van der Waals surface area contributed by atoms with Crippen LogP contribution in [0.1, 0.15) is 28.9 Å². The highest BCUT2D eigenvalue weighted by Gasteiger charge is 2.20. The van der Waals surface area contributed by atoms with Gasteiger partial charge in [0.1, 0.15) is 5.00 Å². The molecule has 6 heteroatoms. The van der Waals surface area contributed by atoms with Gasteiger partial charge in [-0.1, -0.05) is 30.3 Å². The summed E-state index contributed by atoms with van der Waals surface area (Å²) >= 11 is 1.19. The summed E-state index contributed by atoms with van der Waals surface area (Å²) in [5.41, 5.74) is 1.12. The molecule has 0 saturated heterocycles. The number of urea groups is 1. The normalized spacial score (nSPS) is 11.7. The predicted molar refractivity (Wildman–Crippen MR) is 82.9 cm³/mol. The highest BCUT2D eigenvalue weighted by molar-refractivity contribution is 7.14. The van der Waals surface area contributed by atoms with Crippen molar-refractivity contribution in [3.63, 3.8) is 0 Å². The van der Waals surface area contributed by atoms with Crippen molar-refractivity contribution in [1.29, 1.82) is 0 Å². The second-order valence-electron chi connectivity index (χ2n) is 4.60. The van der Waals surface area contributed by atoms with Crippen LogP contribution in [0.4, 0.5) is 9.80 Å². The highest BCUT2D eigenvalue weighted by atomic mass is 32.1. The first-order valence-corrected chi connectivity index (χ1v) is 7.28. The molecular weight excluding hydrogens is 288 g/mol. The van der Waals surface area contributed by atoms with Crippen LogP contribution < -0.4 is 5.32 Å². The van der Waals surface area contributed by atoms with Gasteiger partial charge < -0.3 is 10.0 Å². The lowest BCUT2D eigenvalue weighted by Gasteiger charge is -2.25. The summed E-state index contributed by atoms with van der Waals surface area (Å²) < 4.78 is 0. The van der Waals surface area contributed by atoms with Crippen LogP contribution in [-0.2, 0) is 0 Å². The molecule has 2 aromatic rings. The minimum atomic E-state index is -1.05. The molecule has 0 saturated carbocycles. The van der Waals surface area contributed by atoms with Crippen molar-refractivity contribution in [2.24, 2.45) is 0 Å². The van der Waals surface area contributed by atoms with Gasteiger partial charge in [0.2, 0.25) is 0 Å². The van der Waals surface area contributed by atoms with E-state index in [2.05, 4.69) is 5.32 Å². The summed E-state index contributed by atoms with van der Waals surface area (Å²) in [6.07, 6.45) is 0. The number of aromatic carboxylic acids is 1. The molecule has 2 rings (SSSR count). The van der Waals surface area contributed by atoms with Crippen molar-refractivity contribution in [3.05, 3.63) is 52.9 Å². The van der Waals surface area contributed by atoms with E-state index in [-0.39, 0.29) is 17.6 Å². The van der Waals surface area contributed by atoms with E-state index >= 15 is 0 Å². The summed E-state index contributed by atoms with van der Waals surface area (Å²) in [5, 5.41) is 13.7. The minimum Gasteiger partial charge on any atom is -0.478 e. The van der Waals surface area contributed by atoms with Gasteiger partial charge in [-0.3, -0.25) is 5.32 Å². The van der Waals surface area contributed by atoms with Crippen molar-refractivity contribution in [1.82, 2.24) is 4.90 Å². The maximum absolute atomic E-state index is 12.2. The van der Waals surface area contributed by atoms with E-state index in [0.29, 0.717) is 5.00 Å². The number of anilines is 1. The lowest BCUT2D eigenvalue weighted by atomic mass is 10.1. The van der Waals surface area contributed by atoms with Gasteiger partial charge in [0.05, 0.1) is 11.6 Å². The summed E-state index contributed by atoms with van der Waals surface area (Å²) in [6, 6.07) is 10.7. The lowest BCUT2D eigenvalue weighted by molar-refractivity contribution is 0.0698. The molecular formula is C15H16N2O3S. The average Bonchev–Trinajstić information content (AvgIpc) is 2.95. The Morgan fingerprint density at radius 3 is 2.52 bits per heavy atom. The van der Waals surface area contributed by atoms with Gasteiger partial charge >= 0.3 is 12.0 Å². The molecule has 0 aliphatic rings. The maximum atomic E-state index is 12.2. The Bertz CT molecular complexity index is 639. The summed E-state index contributed by atoms with van der Waals surface area (Å²) in [4.78, 5) is 24.8. The highest BCUT2D eigenvalue weighted by Crippen LogP contribution is 2.25. The van der Waals surface area contributed by atoms with Crippen molar-refractivity contribution < 1.29 is 14.7 Å². The number of thiophene rings is 1. The largest absolute Gasteiger partial charge is 0.478 e. The lowest BCUT2D eigenvalue weighted by Crippen LogP contribution is -2.33. The fourth-order valence-corrected chi connectivity index (χ4v) is 2.66. The molecule has 21 heavy (non-hydrogen) atoms. The quantitative estimate of drug-likeness (QED) is 0.905. The van der Waals surface area contributed by atoms with Gasteiger partial charge in [-0.25, -0.2) is 9.59 Å². The van der Waals surface area contributed by atoms with Crippen LogP contribution in [0, 0.1) is 0 Å². The first kappa shape index (κ1) is 15.1. The van der Waals surface area contributed by atoms with Crippen LogP contribution in [0.2, 0.25) is 0 Å². The Kier molecular flexibility index (Phi) is 4.59. The van der Waals surface area contributed by atoms with Crippen LogP contribution >= 0.6 is 11.3 Å². The van der Waals surface area contributed by atoms with Crippen LogP contribution in [0.15, 0.2) is 41.8 Å². The van der Waals surface area contributed by atoms with Crippen molar-refractivity contribution in [2.75, 3.05) is 12.4 Å². The Morgan fingerprint density at radius 1 is 1.24 bits per heavy atom. The van der Waals surface area contributed by atoms with E-state index in [9.17, 15) is 9.59 Å². The monoisotopic (exact) mass is 304 g/mol. The predicted octanol–water partition coefficient (Wildman–Crippen LogP) is 3.67. The Balaban J connectivity index is 2.09.